The number of carbonyl (C=O) groups excluding carboxylic acids is 2. The molecule has 4 N–H and O–H groups in total. The van der Waals surface area contributed by atoms with E-state index in [9.17, 15) is 9.59 Å². The van der Waals surface area contributed by atoms with Gasteiger partial charge < -0.3 is 21.3 Å². The highest BCUT2D eigenvalue weighted by atomic mass is 35.5. The van der Waals surface area contributed by atoms with Gasteiger partial charge in [0.25, 0.3) is 11.8 Å². The number of hydrogen-bond donors (Lipinski definition) is 4. The van der Waals surface area contributed by atoms with E-state index >= 15 is 0 Å². The van der Waals surface area contributed by atoms with E-state index in [-0.39, 0.29) is 11.8 Å². The third kappa shape index (κ3) is 3.51. The van der Waals surface area contributed by atoms with Crippen LogP contribution in [0.25, 0.3) is 0 Å². The van der Waals surface area contributed by atoms with Crippen LogP contribution in [0.3, 0.4) is 0 Å². The van der Waals surface area contributed by atoms with Gasteiger partial charge in [0, 0.05) is 42.3 Å². The molecule has 0 aliphatic carbocycles. The Kier molecular flexibility index (Phi) is 5.39. The number of thioether (sulfide) groups is 2. The molecule has 6 nitrogen and oxygen atoms in total. The molecule has 2 atom stereocenters. The van der Waals surface area contributed by atoms with E-state index in [4.69, 9.17) is 23.2 Å². The zero-order valence-electron chi connectivity index (χ0n) is 19.5. The lowest BCUT2D eigenvalue weighted by molar-refractivity contribution is -0.118. The topological polar surface area (TPSA) is 82.3 Å². The number of anilines is 4. The molecule has 2 amide bonds. The van der Waals surface area contributed by atoms with Crippen molar-refractivity contribution in [2.24, 2.45) is 0 Å². The number of amides is 2. The lowest BCUT2D eigenvalue weighted by Gasteiger charge is -2.21. The van der Waals surface area contributed by atoms with Crippen molar-refractivity contribution in [1.29, 1.82) is 0 Å². The predicted molar refractivity (Wildman–Crippen MR) is 155 cm³/mol. The Morgan fingerprint density at radius 1 is 0.553 bits per heavy atom. The molecular formula is C28H18Cl2N4O2S2. The highest BCUT2D eigenvalue weighted by molar-refractivity contribution is 8.02. The first-order valence-corrected chi connectivity index (χ1v) is 14.1. The van der Waals surface area contributed by atoms with Gasteiger partial charge in [-0.15, -0.1) is 0 Å². The molecule has 4 aromatic rings. The van der Waals surface area contributed by atoms with Gasteiger partial charge in [0.1, 0.15) is 0 Å². The second kappa shape index (κ2) is 8.61. The Labute approximate surface area is 236 Å². The molecule has 0 bridgehead atoms. The van der Waals surface area contributed by atoms with Crippen LogP contribution in [0.15, 0.2) is 94.7 Å². The van der Waals surface area contributed by atoms with Gasteiger partial charge >= 0.3 is 0 Å². The van der Waals surface area contributed by atoms with Gasteiger partial charge in [-0.3, -0.25) is 9.59 Å². The molecule has 8 rings (SSSR count). The summed E-state index contributed by atoms with van der Waals surface area (Å²) in [6.45, 7) is 0. The Hall–Kier alpha value is -3.30. The van der Waals surface area contributed by atoms with E-state index in [1.54, 1.807) is 0 Å². The Morgan fingerprint density at radius 3 is 1.42 bits per heavy atom. The molecule has 0 unspecified atom stereocenters. The first kappa shape index (κ1) is 23.8. The van der Waals surface area contributed by atoms with Crippen LogP contribution in [0.5, 0.6) is 0 Å². The van der Waals surface area contributed by atoms with Gasteiger partial charge in [-0.2, -0.15) is 0 Å². The summed E-state index contributed by atoms with van der Waals surface area (Å²) < 4.78 is 0. The number of benzene rings is 4. The lowest BCUT2D eigenvalue weighted by Crippen LogP contribution is -2.35. The Bertz CT molecular complexity index is 1560. The van der Waals surface area contributed by atoms with Crippen LogP contribution >= 0.6 is 46.7 Å². The van der Waals surface area contributed by atoms with Crippen molar-refractivity contribution in [3.05, 3.63) is 106 Å². The van der Waals surface area contributed by atoms with Crippen molar-refractivity contribution < 1.29 is 9.59 Å². The molecule has 0 saturated heterocycles. The van der Waals surface area contributed by atoms with E-state index in [1.807, 2.05) is 84.9 Å². The molecule has 0 saturated carbocycles. The summed E-state index contributed by atoms with van der Waals surface area (Å²) in [7, 11) is 0. The van der Waals surface area contributed by atoms with E-state index in [0.717, 1.165) is 43.7 Å². The summed E-state index contributed by atoms with van der Waals surface area (Å²) in [4.78, 5) is 25.3. The molecule has 4 aliphatic heterocycles. The summed E-state index contributed by atoms with van der Waals surface area (Å²) in [5.74, 6) is -0.0722. The first-order chi connectivity index (χ1) is 18.4. The zero-order valence-corrected chi connectivity index (χ0v) is 22.6. The van der Waals surface area contributed by atoms with Crippen LogP contribution in [0.4, 0.5) is 22.7 Å². The average Bonchev–Trinajstić information content (AvgIpc) is 3.62. The van der Waals surface area contributed by atoms with Gasteiger partial charge in [-0.05, 0) is 48.5 Å². The second-order valence-electron chi connectivity index (χ2n) is 9.10. The number of hydrogen-bond acceptors (Lipinski definition) is 6. The summed E-state index contributed by atoms with van der Waals surface area (Å²) >= 11 is 15.1. The molecule has 38 heavy (non-hydrogen) atoms. The number of fused-ring (bicyclic) bond motifs is 6. The first-order valence-electron chi connectivity index (χ1n) is 11.7. The fourth-order valence-electron chi connectivity index (χ4n) is 5.05. The zero-order chi connectivity index (χ0) is 26.1. The van der Waals surface area contributed by atoms with E-state index in [1.165, 1.54) is 23.5 Å². The molecule has 0 fully saturated rings. The molecule has 4 aromatic carbocycles. The predicted octanol–water partition coefficient (Wildman–Crippen LogP) is 7.33. The maximum absolute atomic E-state index is 12.4. The number of carbonyl (C=O) groups is 2. The summed E-state index contributed by atoms with van der Waals surface area (Å²) in [5.41, 5.74) is 5.49. The molecule has 4 aliphatic rings. The smallest absolute Gasteiger partial charge is 0.265 e. The van der Waals surface area contributed by atoms with Crippen molar-refractivity contribution in [1.82, 2.24) is 0 Å². The molecule has 10 heteroatoms. The number of rotatable bonds is 0. The molecule has 4 heterocycles. The molecule has 188 valence electrons. The summed E-state index contributed by atoms with van der Waals surface area (Å²) in [6.07, 6.45) is 0. The van der Waals surface area contributed by atoms with Crippen LogP contribution < -0.4 is 21.3 Å². The van der Waals surface area contributed by atoms with Gasteiger partial charge in [-0.25, -0.2) is 0 Å². The van der Waals surface area contributed by atoms with Crippen LogP contribution in [-0.4, -0.2) is 11.8 Å². The number of nitrogens with one attached hydrogen (secondary N) is 4. The van der Waals surface area contributed by atoms with E-state index in [2.05, 4.69) is 21.3 Å². The Morgan fingerprint density at radius 2 is 0.974 bits per heavy atom. The van der Waals surface area contributed by atoms with Crippen molar-refractivity contribution >= 4 is 81.3 Å². The monoisotopic (exact) mass is 576 g/mol. The van der Waals surface area contributed by atoms with Crippen LogP contribution in [0.2, 0.25) is 10.0 Å². The van der Waals surface area contributed by atoms with Gasteiger partial charge in [0.15, 0.2) is 9.74 Å². The summed E-state index contributed by atoms with van der Waals surface area (Å²) in [6, 6.07) is 26.8. The molecule has 0 aromatic heterocycles. The normalized spacial score (nSPS) is 22.9. The highest BCUT2D eigenvalue weighted by Crippen LogP contribution is 2.57. The molecule has 2 spiro atoms. The minimum Gasteiger partial charge on any atom is -0.358 e. The van der Waals surface area contributed by atoms with Crippen LogP contribution in [-0.2, 0) is 19.3 Å². The second-order valence-corrected chi connectivity index (χ2v) is 12.5. The number of para-hydroxylation sites is 2. The number of halogens is 2. The van der Waals surface area contributed by atoms with Crippen molar-refractivity contribution in [3.8, 4) is 0 Å². The standard InChI is InChI=1S/2C14H9ClN2OS/c2*15-8-5-6-12-11(7-8)17-14(19-12)9-3-1-2-4-10(9)16-13(14)18/h2*1-7,17H,(H,16,18)/t2*14-/m10/s1. The van der Waals surface area contributed by atoms with E-state index < -0.39 is 9.74 Å². The maximum Gasteiger partial charge on any atom is 0.265 e. The van der Waals surface area contributed by atoms with Crippen LogP contribution in [0, 0.1) is 0 Å². The largest absolute Gasteiger partial charge is 0.358 e. The maximum atomic E-state index is 12.4. The van der Waals surface area contributed by atoms with Gasteiger partial charge in [0.2, 0.25) is 0 Å². The summed E-state index contributed by atoms with van der Waals surface area (Å²) in [5, 5.41) is 13.8. The fraction of sp³-hybridized carbons (Fsp3) is 0.0714. The van der Waals surface area contributed by atoms with Crippen molar-refractivity contribution in [2.75, 3.05) is 21.3 Å². The SMILES string of the molecule is O=C1Nc2ccccc2[C@@]12Nc1cc(Cl)ccc1S2.O=C1Nc2ccccc2[C@]12Nc1cc(Cl)ccc1S2. The minimum atomic E-state index is -0.760. The van der Waals surface area contributed by atoms with Crippen molar-refractivity contribution in [2.45, 2.75) is 19.5 Å². The fourth-order valence-corrected chi connectivity index (χ4v) is 7.95. The van der Waals surface area contributed by atoms with E-state index in [0.29, 0.717) is 10.0 Å². The quantitative estimate of drug-likeness (QED) is 0.175. The Balaban J connectivity index is 0.000000127. The highest BCUT2D eigenvalue weighted by Gasteiger charge is 2.52. The molecule has 0 radical (unpaired) electrons. The van der Waals surface area contributed by atoms with Gasteiger partial charge in [0.05, 0.1) is 11.4 Å². The van der Waals surface area contributed by atoms with Crippen LogP contribution in [0.1, 0.15) is 11.1 Å². The third-order valence-electron chi connectivity index (χ3n) is 6.78. The average molecular weight is 578 g/mol. The minimum absolute atomic E-state index is 0.0361. The van der Waals surface area contributed by atoms with Gasteiger partial charge in [-0.1, -0.05) is 83.1 Å². The lowest BCUT2D eigenvalue weighted by atomic mass is 10.1. The molecular weight excluding hydrogens is 559 g/mol. The van der Waals surface area contributed by atoms with Crippen molar-refractivity contribution in [3.63, 3.8) is 0 Å². The third-order valence-corrected chi connectivity index (χ3v) is 10.0.